The van der Waals surface area contributed by atoms with Gasteiger partial charge in [0, 0.05) is 24.7 Å². The van der Waals surface area contributed by atoms with Crippen molar-refractivity contribution in [2.45, 2.75) is 46.2 Å². The van der Waals surface area contributed by atoms with Gasteiger partial charge in [0.15, 0.2) is 11.5 Å². The smallest absolute Gasteiger partial charge is 0.251 e. The highest BCUT2D eigenvalue weighted by molar-refractivity contribution is 5.94. The van der Waals surface area contributed by atoms with Crippen LogP contribution in [-0.2, 0) is 22.6 Å². The standard InChI is InChI=1S/C30H36F2N6O5/c1-18(2)28-29-34-19(3)36-38(29)10-11-43-25-15-21(6-7-24(25)42-4)30(41)33-8-5-9-37(17-26(39)35-28)27(40)14-20-12-22(31)16-23(32)13-20/h6-7,12-13,15-16,18,28H,5,8-11,14,17H2,1-4H3,(H,33,41)(H,35,39)/t28-/m0/s1. The highest BCUT2D eigenvalue weighted by Gasteiger charge is 2.27. The van der Waals surface area contributed by atoms with Gasteiger partial charge >= 0.3 is 0 Å². The molecule has 0 spiro atoms. The molecule has 230 valence electrons. The number of halogens is 2. The molecule has 1 atom stereocenters. The first-order chi connectivity index (χ1) is 20.5. The molecule has 2 N–H and O–H groups in total. The van der Waals surface area contributed by atoms with Crippen LogP contribution in [0.15, 0.2) is 36.4 Å². The number of benzene rings is 2. The average molecular weight is 599 g/mol. The van der Waals surface area contributed by atoms with E-state index in [-0.39, 0.29) is 50.1 Å². The van der Waals surface area contributed by atoms with Crippen LogP contribution in [0, 0.1) is 24.5 Å². The minimum Gasteiger partial charge on any atom is -0.493 e. The molecule has 1 aliphatic rings. The number of fused-ring (bicyclic) bond motifs is 3. The van der Waals surface area contributed by atoms with E-state index < -0.39 is 29.5 Å². The second-order valence-corrected chi connectivity index (χ2v) is 10.6. The van der Waals surface area contributed by atoms with Gasteiger partial charge in [0.2, 0.25) is 11.8 Å². The zero-order valence-electron chi connectivity index (χ0n) is 24.7. The minimum absolute atomic E-state index is 0.0794. The molecule has 0 saturated heterocycles. The minimum atomic E-state index is -0.797. The topological polar surface area (TPSA) is 128 Å². The third kappa shape index (κ3) is 8.27. The highest BCUT2D eigenvalue weighted by Crippen LogP contribution is 2.28. The maximum atomic E-state index is 13.8. The number of rotatable bonds is 4. The lowest BCUT2D eigenvalue weighted by molar-refractivity contribution is -0.136. The molecule has 1 aromatic heterocycles. The van der Waals surface area contributed by atoms with Crippen molar-refractivity contribution < 1.29 is 32.6 Å². The lowest BCUT2D eigenvalue weighted by Crippen LogP contribution is -2.44. The molecule has 2 heterocycles. The molecule has 2 bridgehead atoms. The van der Waals surface area contributed by atoms with Crippen molar-refractivity contribution in [3.05, 3.63) is 70.8 Å². The van der Waals surface area contributed by atoms with Gasteiger partial charge in [-0.1, -0.05) is 13.8 Å². The van der Waals surface area contributed by atoms with Crippen molar-refractivity contribution in [3.63, 3.8) is 0 Å². The van der Waals surface area contributed by atoms with Crippen molar-refractivity contribution in [2.24, 2.45) is 5.92 Å². The summed E-state index contributed by atoms with van der Waals surface area (Å²) >= 11 is 0. The van der Waals surface area contributed by atoms with Crippen molar-refractivity contribution >= 4 is 17.7 Å². The van der Waals surface area contributed by atoms with E-state index in [4.69, 9.17) is 9.47 Å². The summed E-state index contributed by atoms with van der Waals surface area (Å²) in [6.07, 6.45) is 0.0208. The van der Waals surface area contributed by atoms with Crippen LogP contribution >= 0.6 is 0 Å². The van der Waals surface area contributed by atoms with E-state index in [1.165, 1.54) is 12.0 Å². The van der Waals surface area contributed by atoms with Gasteiger partial charge in [-0.15, -0.1) is 0 Å². The van der Waals surface area contributed by atoms with Crippen LogP contribution in [0.3, 0.4) is 0 Å². The Labute approximate surface area is 248 Å². The van der Waals surface area contributed by atoms with Gasteiger partial charge in [-0.2, -0.15) is 5.10 Å². The number of ether oxygens (including phenoxy) is 2. The third-order valence-corrected chi connectivity index (χ3v) is 6.91. The molecule has 3 aromatic rings. The van der Waals surface area contributed by atoms with Crippen LogP contribution in [0.4, 0.5) is 8.78 Å². The summed E-state index contributed by atoms with van der Waals surface area (Å²) in [5.74, 6) is -1.07. The zero-order chi connectivity index (χ0) is 31.1. The Morgan fingerprint density at radius 1 is 1.14 bits per heavy atom. The number of methoxy groups -OCH3 is 1. The summed E-state index contributed by atoms with van der Waals surface area (Å²) in [6.45, 7) is 6.11. The highest BCUT2D eigenvalue weighted by atomic mass is 19.1. The van der Waals surface area contributed by atoms with Crippen LogP contribution in [-0.4, -0.2) is 70.7 Å². The van der Waals surface area contributed by atoms with Crippen molar-refractivity contribution in [3.8, 4) is 11.5 Å². The fourth-order valence-corrected chi connectivity index (χ4v) is 4.83. The molecule has 0 unspecified atom stereocenters. The number of hydrogen-bond acceptors (Lipinski definition) is 7. The average Bonchev–Trinajstić information content (AvgIpc) is 3.31. The largest absolute Gasteiger partial charge is 0.493 e. The zero-order valence-corrected chi connectivity index (χ0v) is 24.7. The summed E-state index contributed by atoms with van der Waals surface area (Å²) < 4.78 is 40.6. The van der Waals surface area contributed by atoms with E-state index in [2.05, 4.69) is 20.7 Å². The molecule has 4 rings (SSSR count). The number of nitrogens with zero attached hydrogens (tertiary/aromatic N) is 4. The number of nitrogens with one attached hydrogen (secondary N) is 2. The lowest BCUT2D eigenvalue weighted by Gasteiger charge is -2.26. The molecular weight excluding hydrogens is 562 g/mol. The number of carbonyl (C=O) groups is 3. The Balaban J connectivity index is 1.63. The van der Waals surface area contributed by atoms with Gasteiger partial charge in [0.25, 0.3) is 5.91 Å². The molecule has 1 aliphatic heterocycles. The lowest BCUT2D eigenvalue weighted by atomic mass is 10.0. The maximum Gasteiger partial charge on any atom is 0.251 e. The number of hydrogen-bond donors (Lipinski definition) is 2. The van der Waals surface area contributed by atoms with Crippen LogP contribution in [0.5, 0.6) is 11.5 Å². The van der Waals surface area contributed by atoms with Crippen LogP contribution < -0.4 is 20.1 Å². The molecule has 13 heteroatoms. The monoisotopic (exact) mass is 598 g/mol. The van der Waals surface area contributed by atoms with Crippen molar-refractivity contribution in [1.29, 1.82) is 0 Å². The number of aromatic nitrogens is 3. The first-order valence-corrected chi connectivity index (χ1v) is 14.1. The number of amides is 3. The van der Waals surface area contributed by atoms with Crippen molar-refractivity contribution in [2.75, 3.05) is 33.4 Å². The van der Waals surface area contributed by atoms with E-state index in [1.54, 1.807) is 29.8 Å². The quantitative estimate of drug-likeness (QED) is 0.473. The molecule has 43 heavy (non-hydrogen) atoms. The maximum absolute atomic E-state index is 13.8. The fraction of sp³-hybridized carbons (Fsp3) is 0.433. The predicted octanol–water partition coefficient (Wildman–Crippen LogP) is 2.97. The van der Waals surface area contributed by atoms with E-state index in [9.17, 15) is 23.2 Å². The Kier molecular flexibility index (Phi) is 10.3. The van der Waals surface area contributed by atoms with E-state index in [1.807, 2.05) is 13.8 Å². The summed E-state index contributed by atoms with van der Waals surface area (Å²) in [5.41, 5.74) is 0.506. The molecule has 0 radical (unpaired) electrons. The molecule has 3 amide bonds. The molecule has 0 fully saturated rings. The third-order valence-electron chi connectivity index (χ3n) is 6.91. The number of carbonyl (C=O) groups excluding carboxylic acids is 3. The molecule has 11 nitrogen and oxygen atoms in total. The summed E-state index contributed by atoms with van der Waals surface area (Å²) in [5, 5.41) is 10.3. The first kappa shape index (κ1) is 31.4. The summed E-state index contributed by atoms with van der Waals surface area (Å²) in [6, 6.07) is 7.22. The van der Waals surface area contributed by atoms with Gasteiger partial charge in [0.1, 0.15) is 29.9 Å². The second-order valence-electron chi connectivity index (χ2n) is 10.6. The van der Waals surface area contributed by atoms with E-state index >= 15 is 0 Å². The van der Waals surface area contributed by atoms with Crippen molar-refractivity contribution in [1.82, 2.24) is 30.3 Å². The van der Waals surface area contributed by atoms with Gasteiger partial charge < -0.3 is 25.0 Å². The van der Waals surface area contributed by atoms with Gasteiger partial charge in [-0.3, -0.25) is 14.4 Å². The van der Waals surface area contributed by atoms with Crippen LogP contribution in [0.1, 0.15) is 53.9 Å². The molecule has 0 saturated carbocycles. The fourth-order valence-electron chi connectivity index (χ4n) is 4.83. The first-order valence-electron chi connectivity index (χ1n) is 14.1. The van der Waals surface area contributed by atoms with E-state index in [0.717, 1.165) is 18.2 Å². The van der Waals surface area contributed by atoms with Gasteiger partial charge in [-0.05, 0) is 55.2 Å². The molecule has 2 aromatic carbocycles. The van der Waals surface area contributed by atoms with Gasteiger partial charge in [-0.25, -0.2) is 18.4 Å². The molecule has 0 aliphatic carbocycles. The summed E-state index contributed by atoms with van der Waals surface area (Å²) in [4.78, 5) is 45.4. The Morgan fingerprint density at radius 3 is 2.58 bits per heavy atom. The Hall–Kier alpha value is -4.55. The Morgan fingerprint density at radius 2 is 1.88 bits per heavy atom. The normalized spacial score (nSPS) is 16.8. The predicted molar refractivity (Wildman–Crippen MR) is 153 cm³/mol. The Bertz CT molecular complexity index is 1460. The SMILES string of the molecule is COc1ccc2cc1OCCn1nc(C)nc1[C@H](C(C)C)NC(=O)CN(C(=O)Cc1cc(F)cc(F)c1)CCCNC2=O. The number of aryl methyl sites for hydroxylation is 1. The van der Waals surface area contributed by atoms with E-state index in [0.29, 0.717) is 41.7 Å². The second kappa shape index (κ2) is 14.1. The van der Waals surface area contributed by atoms with Crippen LogP contribution in [0.25, 0.3) is 0 Å². The van der Waals surface area contributed by atoms with Crippen LogP contribution in [0.2, 0.25) is 0 Å². The van der Waals surface area contributed by atoms with Gasteiger partial charge in [0.05, 0.1) is 32.7 Å². The summed E-state index contributed by atoms with van der Waals surface area (Å²) in [7, 11) is 1.51. The molecular formula is C30H36F2N6O5.